The first-order chi connectivity index (χ1) is 7.79. The van der Waals surface area contributed by atoms with Crippen LogP contribution in [0, 0.1) is 0 Å². The highest BCUT2D eigenvalue weighted by Gasteiger charge is 2.40. The molecule has 2 nitrogen and oxygen atoms in total. The Morgan fingerprint density at radius 3 is 2.12 bits per heavy atom. The van der Waals surface area contributed by atoms with Crippen molar-refractivity contribution in [1.29, 1.82) is 0 Å². The molecule has 0 aromatic carbocycles. The molecule has 0 radical (unpaired) electrons. The summed E-state index contributed by atoms with van der Waals surface area (Å²) in [5, 5.41) is 0. The predicted octanol–water partition coefficient (Wildman–Crippen LogP) is 3.55. The highest BCUT2D eigenvalue weighted by atomic mass is 15.3. The molecule has 0 saturated carbocycles. The van der Waals surface area contributed by atoms with E-state index < -0.39 is 0 Å². The number of hydrogen-bond donors (Lipinski definition) is 1. The molecule has 1 saturated heterocycles. The number of rotatable bonds is 5. The van der Waals surface area contributed by atoms with E-state index in [1.807, 2.05) is 0 Å². The fourth-order valence-corrected chi connectivity index (χ4v) is 3.36. The molecule has 0 bridgehead atoms. The normalized spacial score (nSPS) is 25.8. The van der Waals surface area contributed by atoms with Crippen LogP contribution in [0.5, 0.6) is 0 Å². The molecule has 0 aliphatic carbocycles. The van der Waals surface area contributed by atoms with Crippen LogP contribution in [0.1, 0.15) is 73.1 Å². The predicted molar refractivity (Wildman–Crippen MR) is 76.2 cm³/mol. The van der Waals surface area contributed by atoms with Gasteiger partial charge in [0.2, 0.25) is 0 Å². The molecule has 1 atom stereocenters. The van der Waals surface area contributed by atoms with Gasteiger partial charge in [-0.05, 0) is 72.8 Å². The summed E-state index contributed by atoms with van der Waals surface area (Å²) in [4.78, 5) is 2.71. The molecule has 0 spiro atoms. The van der Waals surface area contributed by atoms with Gasteiger partial charge < -0.3 is 5.73 Å². The molecule has 0 aromatic heterocycles. The second-order valence-corrected chi connectivity index (χ2v) is 6.94. The van der Waals surface area contributed by atoms with Crippen molar-refractivity contribution in [3.05, 3.63) is 0 Å². The molecule has 0 amide bonds. The Labute approximate surface area is 108 Å². The Kier molecular flexibility index (Phi) is 5.03. The molecule has 102 valence electrons. The molecule has 0 aromatic rings. The SMILES string of the molecule is CCC(N)CCCN1C(C)(C)CCCC1(C)C. The van der Waals surface area contributed by atoms with Gasteiger partial charge in [0, 0.05) is 17.1 Å². The molecular weight excluding hydrogens is 208 g/mol. The standard InChI is InChI=1S/C15H32N2/c1-6-13(16)9-7-12-17-14(2,3)10-8-11-15(17,4)5/h13H,6-12,16H2,1-5H3. The number of nitrogens with two attached hydrogens (primary N) is 1. The molecule has 1 aliphatic heterocycles. The van der Waals surface area contributed by atoms with E-state index in [1.165, 1.54) is 38.6 Å². The lowest BCUT2D eigenvalue weighted by Gasteiger charge is -2.53. The van der Waals surface area contributed by atoms with Crippen molar-refractivity contribution in [3.63, 3.8) is 0 Å². The van der Waals surface area contributed by atoms with Gasteiger partial charge in [-0.2, -0.15) is 0 Å². The minimum absolute atomic E-state index is 0.359. The Hall–Kier alpha value is -0.0800. The Morgan fingerprint density at radius 1 is 1.12 bits per heavy atom. The van der Waals surface area contributed by atoms with E-state index in [4.69, 9.17) is 5.73 Å². The van der Waals surface area contributed by atoms with E-state index in [0.29, 0.717) is 17.1 Å². The summed E-state index contributed by atoms with van der Waals surface area (Å²) in [7, 11) is 0. The van der Waals surface area contributed by atoms with E-state index in [1.54, 1.807) is 0 Å². The van der Waals surface area contributed by atoms with Gasteiger partial charge in [0.05, 0.1) is 0 Å². The van der Waals surface area contributed by atoms with Crippen molar-refractivity contribution in [2.45, 2.75) is 90.3 Å². The van der Waals surface area contributed by atoms with Crippen LogP contribution in [0.15, 0.2) is 0 Å². The highest BCUT2D eigenvalue weighted by Crippen LogP contribution is 2.38. The van der Waals surface area contributed by atoms with Gasteiger partial charge in [-0.1, -0.05) is 6.92 Å². The second kappa shape index (κ2) is 5.71. The maximum atomic E-state index is 6.01. The van der Waals surface area contributed by atoms with Gasteiger partial charge in [0.15, 0.2) is 0 Å². The number of likely N-dealkylation sites (tertiary alicyclic amines) is 1. The lowest BCUT2D eigenvalue weighted by atomic mass is 9.79. The fraction of sp³-hybridized carbons (Fsp3) is 1.00. The number of hydrogen-bond acceptors (Lipinski definition) is 2. The number of piperidine rings is 1. The summed E-state index contributed by atoms with van der Waals surface area (Å²) in [6.45, 7) is 13.0. The van der Waals surface area contributed by atoms with Crippen LogP contribution < -0.4 is 5.73 Å². The lowest BCUT2D eigenvalue weighted by Crippen LogP contribution is -2.58. The molecule has 1 rings (SSSR count). The molecule has 1 unspecified atom stereocenters. The fourth-order valence-electron chi connectivity index (χ4n) is 3.36. The molecule has 2 N–H and O–H groups in total. The van der Waals surface area contributed by atoms with Gasteiger partial charge in [-0.15, -0.1) is 0 Å². The zero-order valence-electron chi connectivity index (χ0n) is 12.6. The zero-order chi connectivity index (χ0) is 13.1. The monoisotopic (exact) mass is 240 g/mol. The summed E-state index contributed by atoms with van der Waals surface area (Å²) in [5.41, 5.74) is 6.72. The van der Waals surface area contributed by atoms with Crippen molar-refractivity contribution >= 4 is 0 Å². The molecule has 1 heterocycles. The molecule has 1 fully saturated rings. The highest BCUT2D eigenvalue weighted by molar-refractivity contribution is 4.96. The minimum atomic E-state index is 0.359. The van der Waals surface area contributed by atoms with Crippen LogP contribution in [0.2, 0.25) is 0 Å². The third-order valence-electron chi connectivity index (χ3n) is 4.52. The first kappa shape index (κ1) is 15.0. The van der Waals surface area contributed by atoms with Crippen molar-refractivity contribution in [2.24, 2.45) is 5.73 Å². The summed E-state index contributed by atoms with van der Waals surface area (Å²) < 4.78 is 0. The quantitative estimate of drug-likeness (QED) is 0.796. The lowest BCUT2D eigenvalue weighted by molar-refractivity contribution is -0.0278. The van der Waals surface area contributed by atoms with Gasteiger partial charge >= 0.3 is 0 Å². The van der Waals surface area contributed by atoms with Gasteiger partial charge in [0.25, 0.3) is 0 Å². The van der Waals surface area contributed by atoms with Crippen LogP contribution in [-0.4, -0.2) is 28.6 Å². The molecule has 1 aliphatic rings. The maximum absolute atomic E-state index is 6.01. The average Bonchev–Trinajstić information content (AvgIpc) is 2.21. The Bertz CT molecular complexity index is 217. The van der Waals surface area contributed by atoms with Gasteiger partial charge in [0.1, 0.15) is 0 Å². The third kappa shape index (κ3) is 3.96. The minimum Gasteiger partial charge on any atom is -0.328 e. The molecule has 2 heteroatoms. The summed E-state index contributed by atoms with van der Waals surface area (Å²) in [6.07, 6.45) is 7.53. The smallest absolute Gasteiger partial charge is 0.0158 e. The maximum Gasteiger partial charge on any atom is 0.0158 e. The van der Waals surface area contributed by atoms with Crippen molar-refractivity contribution in [3.8, 4) is 0 Å². The van der Waals surface area contributed by atoms with Crippen LogP contribution in [-0.2, 0) is 0 Å². The largest absolute Gasteiger partial charge is 0.328 e. The summed E-state index contributed by atoms with van der Waals surface area (Å²) in [6, 6.07) is 0.394. The van der Waals surface area contributed by atoms with Crippen LogP contribution in [0.4, 0.5) is 0 Å². The third-order valence-corrected chi connectivity index (χ3v) is 4.52. The summed E-state index contributed by atoms with van der Waals surface area (Å²) in [5.74, 6) is 0. The van der Waals surface area contributed by atoms with Crippen molar-refractivity contribution in [1.82, 2.24) is 4.90 Å². The van der Waals surface area contributed by atoms with E-state index in [9.17, 15) is 0 Å². The first-order valence-electron chi connectivity index (χ1n) is 7.33. The van der Waals surface area contributed by atoms with E-state index in [0.717, 1.165) is 6.42 Å². The zero-order valence-corrected chi connectivity index (χ0v) is 12.6. The van der Waals surface area contributed by atoms with Crippen LogP contribution in [0.3, 0.4) is 0 Å². The average molecular weight is 240 g/mol. The number of nitrogens with zero attached hydrogens (tertiary/aromatic N) is 1. The van der Waals surface area contributed by atoms with Crippen molar-refractivity contribution in [2.75, 3.05) is 6.54 Å². The topological polar surface area (TPSA) is 29.3 Å². The molecular formula is C15H32N2. The van der Waals surface area contributed by atoms with Crippen LogP contribution in [0.25, 0.3) is 0 Å². The second-order valence-electron chi connectivity index (χ2n) is 6.94. The molecule has 17 heavy (non-hydrogen) atoms. The van der Waals surface area contributed by atoms with E-state index >= 15 is 0 Å². The van der Waals surface area contributed by atoms with E-state index in [2.05, 4.69) is 39.5 Å². The summed E-state index contributed by atoms with van der Waals surface area (Å²) >= 11 is 0. The Morgan fingerprint density at radius 2 is 1.65 bits per heavy atom. The Balaban J connectivity index is 2.52. The first-order valence-corrected chi connectivity index (χ1v) is 7.33. The van der Waals surface area contributed by atoms with Gasteiger partial charge in [-0.3, -0.25) is 4.90 Å². The van der Waals surface area contributed by atoms with Crippen molar-refractivity contribution < 1.29 is 0 Å². The van der Waals surface area contributed by atoms with Crippen LogP contribution >= 0.6 is 0 Å². The van der Waals surface area contributed by atoms with E-state index in [-0.39, 0.29) is 0 Å². The van der Waals surface area contributed by atoms with Gasteiger partial charge in [-0.25, -0.2) is 0 Å².